The fourth-order valence-corrected chi connectivity index (χ4v) is 4.85. The van der Waals surface area contributed by atoms with E-state index in [4.69, 9.17) is 4.74 Å². The van der Waals surface area contributed by atoms with Gasteiger partial charge in [0.2, 0.25) is 15.9 Å². The van der Waals surface area contributed by atoms with Crippen LogP contribution in [0.5, 0.6) is 5.75 Å². The summed E-state index contributed by atoms with van der Waals surface area (Å²) in [5.74, 6) is 0.627. The number of amides is 1. The summed E-state index contributed by atoms with van der Waals surface area (Å²) in [6, 6.07) is 16.2. The highest BCUT2D eigenvalue weighted by molar-refractivity contribution is 7.89. The Labute approximate surface area is 184 Å². The standard InChI is InChI=1S/C23H31N3O4S/c1-30-20-12-10-19(11-13-20)22(26-16-6-3-7-17-26)18-24-23(27)14-15-25-31(28,29)21-8-4-2-5-9-21/h2,4-5,8-13,22,25H,3,6-7,14-18H2,1H3,(H,24,27). The van der Waals surface area contributed by atoms with Gasteiger partial charge in [0.1, 0.15) is 5.75 Å². The first-order valence-corrected chi connectivity index (χ1v) is 12.2. The predicted octanol–water partition coefficient (Wildman–Crippen LogP) is 2.71. The molecule has 0 saturated carbocycles. The number of sulfonamides is 1. The van der Waals surface area contributed by atoms with Crippen LogP contribution in [0.1, 0.15) is 37.3 Å². The molecule has 3 rings (SSSR count). The van der Waals surface area contributed by atoms with E-state index in [1.807, 2.05) is 24.3 Å². The summed E-state index contributed by atoms with van der Waals surface area (Å²) in [6.07, 6.45) is 3.63. The first-order chi connectivity index (χ1) is 15.0. The van der Waals surface area contributed by atoms with E-state index < -0.39 is 10.0 Å². The lowest BCUT2D eigenvalue weighted by Crippen LogP contribution is -2.41. The molecule has 0 radical (unpaired) electrons. The van der Waals surface area contributed by atoms with E-state index in [1.165, 1.54) is 18.6 Å². The number of hydrogen-bond acceptors (Lipinski definition) is 5. The fraction of sp³-hybridized carbons (Fsp3) is 0.435. The van der Waals surface area contributed by atoms with Gasteiger partial charge in [0.05, 0.1) is 18.0 Å². The SMILES string of the molecule is COc1ccc(C(CNC(=O)CCNS(=O)(=O)c2ccccc2)N2CCCCC2)cc1. The van der Waals surface area contributed by atoms with Crippen LogP contribution in [-0.2, 0) is 14.8 Å². The Balaban J connectivity index is 1.54. The lowest BCUT2D eigenvalue weighted by molar-refractivity contribution is -0.121. The number of nitrogens with one attached hydrogen (secondary N) is 2. The number of hydrogen-bond donors (Lipinski definition) is 2. The zero-order valence-electron chi connectivity index (χ0n) is 17.9. The normalized spacial score (nSPS) is 15.9. The summed E-state index contributed by atoms with van der Waals surface area (Å²) >= 11 is 0. The zero-order chi connectivity index (χ0) is 22.1. The molecular weight excluding hydrogens is 414 g/mol. The van der Waals surface area contributed by atoms with Crippen LogP contribution >= 0.6 is 0 Å². The molecule has 0 aliphatic carbocycles. The minimum Gasteiger partial charge on any atom is -0.497 e. The smallest absolute Gasteiger partial charge is 0.240 e. The Morgan fingerprint density at radius 1 is 1.03 bits per heavy atom. The third kappa shape index (κ3) is 6.78. The van der Waals surface area contributed by atoms with Crippen LogP contribution in [0.15, 0.2) is 59.5 Å². The Morgan fingerprint density at radius 2 is 1.71 bits per heavy atom. The molecule has 2 aromatic carbocycles. The van der Waals surface area contributed by atoms with E-state index in [9.17, 15) is 13.2 Å². The van der Waals surface area contributed by atoms with E-state index in [0.717, 1.165) is 37.2 Å². The quantitative estimate of drug-likeness (QED) is 0.587. The number of rotatable bonds is 10. The monoisotopic (exact) mass is 445 g/mol. The van der Waals surface area contributed by atoms with Crippen molar-refractivity contribution in [2.45, 2.75) is 36.6 Å². The van der Waals surface area contributed by atoms with Gasteiger partial charge in [0.25, 0.3) is 0 Å². The average Bonchev–Trinajstić information content (AvgIpc) is 2.81. The molecule has 0 spiro atoms. The van der Waals surface area contributed by atoms with Crippen LogP contribution in [0.2, 0.25) is 0 Å². The zero-order valence-corrected chi connectivity index (χ0v) is 18.7. The molecule has 1 heterocycles. The van der Waals surface area contributed by atoms with Crippen LogP contribution in [0, 0.1) is 0 Å². The molecule has 0 aromatic heterocycles. The van der Waals surface area contributed by atoms with Gasteiger partial charge in [-0.15, -0.1) is 0 Å². The van der Waals surface area contributed by atoms with Gasteiger partial charge >= 0.3 is 0 Å². The van der Waals surface area contributed by atoms with Gasteiger partial charge in [-0.3, -0.25) is 9.69 Å². The second-order valence-corrected chi connectivity index (χ2v) is 9.42. The van der Waals surface area contributed by atoms with Crippen molar-refractivity contribution in [1.82, 2.24) is 14.9 Å². The van der Waals surface area contributed by atoms with Gasteiger partial charge in [0.15, 0.2) is 0 Å². The number of nitrogens with zero attached hydrogens (tertiary/aromatic N) is 1. The molecular formula is C23H31N3O4S. The number of piperidine rings is 1. The lowest BCUT2D eigenvalue weighted by atomic mass is 10.0. The Morgan fingerprint density at radius 3 is 2.35 bits per heavy atom. The van der Waals surface area contributed by atoms with Crippen LogP contribution < -0.4 is 14.8 Å². The van der Waals surface area contributed by atoms with Crippen molar-refractivity contribution in [2.24, 2.45) is 0 Å². The molecule has 8 heteroatoms. The summed E-state index contributed by atoms with van der Waals surface area (Å²) in [4.78, 5) is 15.0. The Hall–Kier alpha value is -2.42. The molecule has 7 nitrogen and oxygen atoms in total. The van der Waals surface area contributed by atoms with E-state index in [1.54, 1.807) is 25.3 Å². The summed E-state index contributed by atoms with van der Waals surface area (Å²) in [6.45, 7) is 2.55. The highest BCUT2D eigenvalue weighted by Crippen LogP contribution is 2.25. The predicted molar refractivity (Wildman–Crippen MR) is 120 cm³/mol. The number of carbonyl (C=O) groups is 1. The number of methoxy groups -OCH3 is 1. The minimum atomic E-state index is -3.60. The van der Waals surface area contributed by atoms with Crippen molar-refractivity contribution < 1.29 is 17.9 Å². The second-order valence-electron chi connectivity index (χ2n) is 7.65. The van der Waals surface area contributed by atoms with E-state index in [0.29, 0.717) is 6.54 Å². The van der Waals surface area contributed by atoms with Crippen molar-refractivity contribution in [3.63, 3.8) is 0 Å². The molecule has 1 amide bonds. The maximum atomic E-state index is 12.4. The molecule has 31 heavy (non-hydrogen) atoms. The Bertz CT molecular complexity index is 927. The third-order valence-electron chi connectivity index (χ3n) is 5.52. The highest BCUT2D eigenvalue weighted by atomic mass is 32.2. The van der Waals surface area contributed by atoms with Gasteiger partial charge in [0, 0.05) is 19.5 Å². The lowest BCUT2D eigenvalue weighted by Gasteiger charge is -2.35. The largest absolute Gasteiger partial charge is 0.497 e. The third-order valence-corrected chi connectivity index (χ3v) is 7.00. The number of carbonyl (C=O) groups excluding carboxylic acids is 1. The summed E-state index contributed by atoms with van der Waals surface area (Å²) in [5.41, 5.74) is 1.13. The first kappa shape index (κ1) is 23.2. The topological polar surface area (TPSA) is 87.7 Å². The molecule has 2 aromatic rings. The highest BCUT2D eigenvalue weighted by Gasteiger charge is 2.23. The van der Waals surface area contributed by atoms with E-state index in [2.05, 4.69) is 14.9 Å². The second kappa shape index (κ2) is 11.3. The molecule has 2 N–H and O–H groups in total. The molecule has 1 atom stereocenters. The summed E-state index contributed by atoms with van der Waals surface area (Å²) < 4.78 is 32.3. The number of likely N-dealkylation sites (tertiary alicyclic amines) is 1. The summed E-state index contributed by atoms with van der Waals surface area (Å²) in [5, 5.41) is 2.99. The van der Waals surface area contributed by atoms with Crippen LogP contribution in [0.4, 0.5) is 0 Å². The Kier molecular flexibility index (Phi) is 8.45. The number of ether oxygens (including phenoxy) is 1. The van der Waals surface area contributed by atoms with Crippen LogP contribution in [0.25, 0.3) is 0 Å². The van der Waals surface area contributed by atoms with Crippen molar-refractivity contribution in [3.05, 3.63) is 60.2 Å². The van der Waals surface area contributed by atoms with Gasteiger partial charge in [-0.2, -0.15) is 0 Å². The molecule has 1 fully saturated rings. The molecule has 0 bridgehead atoms. The van der Waals surface area contributed by atoms with Crippen LogP contribution in [0.3, 0.4) is 0 Å². The summed E-state index contributed by atoms with van der Waals surface area (Å²) in [7, 11) is -1.96. The maximum absolute atomic E-state index is 12.4. The molecule has 1 aliphatic rings. The van der Waals surface area contributed by atoms with Crippen molar-refractivity contribution in [1.29, 1.82) is 0 Å². The molecule has 1 aliphatic heterocycles. The number of benzene rings is 2. The maximum Gasteiger partial charge on any atom is 0.240 e. The molecule has 1 unspecified atom stereocenters. The first-order valence-electron chi connectivity index (χ1n) is 10.7. The van der Waals surface area contributed by atoms with E-state index in [-0.39, 0.29) is 29.8 Å². The van der Waals surface area contributed by atoms with Crippen molar-refractivity contribution in [3.8, 4) is 5.75 Å². The van der Waals surface area contributed by atoms with Crippen molar-refractivity contribution in [2.75, 3.05) is 33.3 Å². The van der Waals surface area contributed by atoms with Crippen molar-refractivity contribution >= 4 is 15.9 Å². The molecule has 1 saturated heterocycles. The average molecular weight is 446 g/mol. The molecule has 168 valence electrons. The fourth-order valence-electron chi connectivity index (χ4n) is 3.79. The van der Waals surface area contributed by atoms with Gasteiger partial charge in [-0.25, -0.2) is 13.1 Å². The van der Waals surface area contributed by atoms with Crippen LogP contribution in [-0.4, -0.2) is 52.5 Å². The van der Waals surface area contributed by atoms with E-state index >= 15 is 0 Å². The van der Waals surface area contributed by atoms with Gasteiger partial charge < -0.3 is 10.1 Å². The van der Waals surface area contributed by atoms with Gasteiger partial charge in [-0.05, 0) is 55.8 Å². The minimum absolute atomic E-state index is 0.0555. The van der Waals surface area contributed by atoms with Gasteiger partial charge in [-0.1, -0.05) is 36.8 Å².